The van der Waals surface area contributed by atoms with Crippen LogP contribution in [0.5, 0.6) is 0 Å². The Balaban J connectivity index is 0.000000150. The molecule has 24 heteroatoms. The van der Waals surface area contributed by atoms with Gasteiger partial charge >= 0.3 is 23.9 Å². The third-order valence-corrected chi connectivity index (χ3v) is 36.8. The first-order chi connectivity index (χ1) is 61.7. The highest BCUT2D eigenvalue weighted by atomic mass is 16.6. The van der Waals surface area contributed by atoms with Crippen molar-refractivity contribution in [3.63, 3.8) is 0 Å². The molecule has 716 valence electrons. The van der Waals surface area contributed by atoms with Gasteiger partial charge in [-0.2, -0.15) is 0 Å². The van der Waals surface area contributed by atoms with Crippen molar-refractivity contribution in [2.75, 3.05) is 26.4 Å². The van der Waals surface area contributed by atoms with E-state index in [1.807, 2.05) is 79.7 Å². The van der Waals surface area contributed by atoms with Crippen LogP contribution < -0.4 is 0 Å². The number of ether oxygens (including phenoxy) is 4. The van der Waals surface area contributed by atoms with E-state index in [2.05, 4.69) is 52.0 Å². The number of hydrogen-bond donors (Lipinski definition) is 4. The van der Waals surface area contributed by atoms with Gasteiger partial charge in [-0.3, -0.25) is 57.5 Å². The van der Waals surface area contributed by atoms with Gasteiger partial charge in [0.15, 0.2) is 49.6 Å². The largest absolute Gasteiger partial charge is 0.458 e. The molecule has 8 saturated carbocycles. The van der Waals surface area contributed by atoms with Gasteiger partial charge < -0.3 is 58.6 Å². The molecule has 16 aliphatic rings. The first-order valence-electron chi connectivity index (χ1n) is 48.5. The molecule has 0 aliphatic heterocycles. The highest BCUT2D eigenvalue weighted by molar-refractivity contribution is 6.03. The summed E-state index contributed by atoms with van der Waals surface area (Å²) in [5.74, 6) is -3.58. The molecular formula is C108H140O24. The number of esters is 4. The Bertz CT molecular complexity index is 4850. The van der Waals surface area contributed by atoms with Crippen LogP contribution in [0, 0.1) is 114 Å². The summed E-state index contributed by atoms with van der Waals surface area (Å²) in [6.45, 7) is 28.3. The van der Waals surface area contributed by atoms with Gasteiger partial charge in [0.2, 0.25) is 23.1 Å². The number of carbonyl (C=O) groups excluding carboxylic acids is 16. The van der Waals surface area contributed by atoms with E-state index in [4.69, 9.17) is 18.9 Å². The van der Waals surface area contributed by atoms with Crippen LogP contribution in [0.2, 0.25) is 0 Å². The SMILES string of the molecule is CC(=O)CCC(=O)OCC(=O)[C@@]1(O)[C@@H](C)CC2C3CCC4=CC(=O)C=C[C@]4(C)C3=CC[C@@]21C.CC(=O)CCC(=O)OCC(=O)[C@@]1(O)[C@@H](C)CC2C3CCC4=CC(=O)CC[C@]4(C)C3=CC[C@@]21C.CC(=O)CCC(=O)OCC(=O)[C@@]1(O)[C@H](C)CC2C3CCC4=CC(=O)C=C[C@]4(C)C3=CC[C@@]21C.CC(=O)CCC(=O)OCC(=O)[C@@]1(O)[C@H](C)CC2C3CCC4=CC(=O)CC[C@]4(C)C3=CC[C@@]21C. The van der Waals surface area contributed by atoms with Crippen LogP contribution in [0.1, 0.15) is 291 Å². The van der Waals surface area contributed by atoms with E-state index in [0.29, 0.717) is 38.5 Å². The molecule has 0 radical (unpaired) electrons. The molecule has 0 saturated heterocycles. The summed E-state index contributed by atoms with van der Waals surface area (Å²) in [6.07, 6.45) is 38.6. The molecule has 0 aromatic heterocycles. The van der Waals surface area contributed by atoms with Crippen LogP contribution in [0.3, 0.4) is 0 Å². The fraction of sp³-hybridized carbons (Fsp3) is 0.667. The molecule has 0 aromatic carbocycles. The molecule has 16 aliphatic carbocycles. The molecule has 8 unspecified atom stereocenters. The number of carbonyl (C=O) groups is 16. The zero-order valence-electron chi connectivity index (χ0n) is 80.4. The van der Waals surface area contributed by atoms with Crippen molar-refractivity contribution >= 4 is 93.3 Å². The Hall–Kier alpha value is -8.84. The Morgan fingerprint density at radius 2 is 0.561 bits per heavy atom. The lowest BCUT2D eigenvalue weighted by atomic mass is 9.50. The van der Waals surface area contributed by atoms with Crippen LogP contribution >= 0.6 is 0 Å². The van der Waals surface area contributed by atoms with Gasteiger partial charge in [-0.1, -0.05) is 150 Å². The number of allylic oxidation sites excluding steroid dienone is 20. The average Bonchev–Trinajstić information content (AvgIpc) is 1.52. The van der Waals surface area contributed by atoms with E-state index in [-0.39, 0.29) is 190 Å². The van der Waals surface area contributed by atoms with Gasteiger partial charge in [-0.15, -0.1) is 0 Å². The Morgan fingerprint density at radius 1 is 0.326 bits per heavy atom. The van der Waals surface area contributed by atoms with E-state index in [1.54, 1.807) is 24.3 Å². The van der Waals surface area contributed by atoms with Crippen LogP contribution in [0.15, 0.2) is 117 Å². The summed E-state index contributed by atoms with van der Waals surface area (Å²) in [5, 5.41) is 47.4. The van der Waals surface area contributed by atoms with E-state index < -0.39 is 118 Å². The fourth-order valence-corrected chi connectivity index (χ4v) is 28.9. The van der Waals surface area contributed by atoms with Gasteiger partial charge in [-0.25, -0.2) is 0 Å². The van der Waals surface area contributed by atoms with Crippen LogP contribution in [-0.4, -0.2) is 163 Å². The van der Waals surface area contributed by atoms with Crippen molar-refractivity contribution in [2.24, 2.45) is 114 Å². The highest BCUT2D eigenvalue weighted by Crippen LogP contribution is 2.72. The molecule has 0 bridgehead atoms. The summed E-state index contributed by atoms with van der Waals surface area (Å²) < 4.78 is 20.6. The number of fused-ring (bicyclic) bond motifs is 20. The van der Waals surface area contributed by atoms with Crippen molar-refractivity contribution in [3.05, 3.63) is 117 Å². The number of Topliss-reactive ketones (excluding diaryl/α,β-unsaturated/α-hetero) is 8. The van der Waals surface area contributed by atoms with Gasteiger partial charge in [-0.05, 0) is 265 Å². The quantitative estimate of drug-likeness (QED) is 0.0396. The lowest BCUT2D eigenvalue weighted by Gasteiger charge is -2.54. The Labute approximate surface area is 776 Å². The minimum Gasteiger partial charge on any atom is -0.458 e. The summed E-state index contributed by atoms with van der Waals surface area (Å²) in [7, 11) is 0. The normalized spacial score (nSPS) is 39.3. The molecule has 0 spiro atoms. The lowest BCUT2D eigenvalue weighted by molar-refractivity contribution is -0.168. The second-order valence-electron chi connectivity index (χ2n) is 44.0. The van der Waals surface area contributed by atoms with Gasteiger partial charge in [0.05, 0.1) is 25.7 Å². The zero-order valence-corrected chi connectivity index (χ0v) is 80.4. The van der Waals surface area contributed by atoms with E-state index in [0.717, 1.165) is 101 Å². The second-order valence-corrected chi connectivity index (χ2v) is 44.0. The van der Waals surface area contributed by atoms with Crippen molar-refractivity contribution < 1.29 is 116 Å². The average molecular weight is 1820 g/mol. The second kappa shape index (κ2) is 37.3. The number of aliphatic hydroxyl groups is 4. The standard InChI is InChI=1S/2C27H36O6.2C27H34O6/c4*1-16-13-22-20-7-6-18-14-19(29)9-11-25(18,3)21(20)10-12-26(22,4)27(16,32)23(30)15-33-24(31)8-5-17(2)28/h2*10,14,16,20,22,32H,5-9,11-13,15H2,1-4H3;2*9-11,14,16,20,22,32H,5-8,12-13,15H2,1-4H3/t16-,20?,22?,25+,26+,27+;16-,20?,22?,25-,26-,27-;16-,20?,22?,25+,26+,27+;16-,20?,22?,25-,26-,27-/m1010/s1. The number of rotatable bonds is 24. The van der Waals surface area contributed by atoms with Crippen LogP contribution in [-0.2, 0) is 95.7 Å². The molecule has 0 heterocycles. The number of hydrogen-bond acceptors (Lipinski definition) is 24. The molecule has 24 atom stereocenters. The van der Waals surface area contributed by atoms with Gasteiger partial charge in [0.25, 0.3) is 0 Å². The first kappa shape index (κ1) is 101. The van der Waals surface area contributed by atoms with Crippen LogP contribution in [0.4, 0.5) is 0 Å². The predicted molar refractivity (Wildman–Crippen MR) is 488 cm³/mol. The van der Waals surface area contributed by atoms with Gasteiger partial charge in [0, 0.05) is 81.8 Å². The Morgan fingerprint density at radius 3 is 0.811 bits per heavy atom. The monoisotopic (exact) mass is 1820 g/mol. The minimum atomic E-state index is -1.59. The van der Waals surface area contributed by atoms with E-state index >= 15 is 0 Å². The van der Waals surface area contributed by atoms with Crippen LogP contribution in [0.25, 0.3) is 0 Å². The maximum Gasteiger partial charge on any atom is 0.306 e. The van der Waals surface area contributed by atoms with E-state index in [9.17, 15) is 97.1 Å². The molecule has 0 aromatic rings. The minimum absolute atomic E-state index is 0.0366. The highest BCUT2D eigenvalue weighted by Gasteiger charge is 2.72. The summed E-state index contributed by atoms with van der Waals surface area (Å²) >= 11 is 0. The predicted octanol–water partition coefficient (Wildman–Crippen LogP) is 15.1. The summed E-state index contributed by atoms with van der Waals surface area (Å²) in [6, 6.07) is 0. The third-order valence-electron chi connectivity index (χ3n) is 36.8. The topological polar surface area (TPSA) is 391 Å². The molecule has 8 fully saturated rings. The van der Waals surface area contributed by atoms with Gasteiger partial charge in [0.1, 0.15) is 45.5 Å². The third kappa shape index (κ3) is 17.2. The van der Waals surface area contributed by atoms with E-state index in [1.165, 1.54) is 61.1 Å². The molecular weight excluding hydrogens is 1680 g/mol. The zero-order chi connectivity index (χ0) is 96.7. The van der Waals surface area contributed by atoms with Crippen molar-refractivity contribution in [2.45, 2.75) is 313 Å². The maximum absolute atomic E-state index is 13.3. The lowest BCUT2D eigenvalue weighted by Crippen LogP contribution is -2.57. The molecule has 4 N–H and O–H groups in total. The molecule has 24 nitrogen and oxygen atoms in total. The molecule has 132 heavy (non-hydrogen) atoms. The Kier molecular flexibility index (Phi) is 28.5. The fourth-order valence-electron chi connectivity index (χ4n) is 28.9. The molecule has 0 amide bonds. The maximum atomic E-state index is 13.3. The summed E-state index contributed by atoms with van der Waals surface area (Å²) in [4.78, 5) is 193. The first-order valence-corrected chi connectivity index (χ1v) is 48.5. The summed E-state index contributed by atoms with van der Waals surface area (Å²) in [5.41, 5.74) is 0.480. The van der Waals surface area contributed by atoms with Crippen molar-refractivity contribution in [1.82, 2.24) is 0 Å². The van der Waals surface area contributed by atoms with Crippen molar-refractivity contribution in [1.29, 1.82) is 0 Å². The van der Waals surface area contributed by atoms with Crippen molar-refractivity contribution in [3.8, 4) is 0 Å². The smallest absolute Gasteiger partial charge is 0.306 e. The molecule has 16 rings (SSSR count). The number of ketones is 12.